The first-order valence-electron chi connectivity index (χ1n) is 8.62. The second-order valence-corrected chi connectivity index (χ2v) is 8.87. The molecule has 0 saturated carbocycles. The molecule has 0 unspecified atom stereocenters. The van der Waals surface area contributed by atoms with Crippen molar-refractivity contribution in [1.82, 2.24) is 9.80 Å². The number of hydrogen-bond acceptors (Lipinski definition) is 6. The molecular formula is C17H25N3O4S. The largest absolute Gasteiger partial charge is 0.379 e. The summed E-state index contributed by atoms with van der Waals surface area (Å²) in [6.07, 6.45) is 0. The molecule has 0 aliphatic carbocycles. The van der Waals surface area contributed by atoms with Gasteiger partial charge in [-0.15, -0.1) is 0 Å². The number of carbonyl (C=O) groups excluding carboxylic acids is 1. The van der Waals surface area contributed by atoms with Crippen LogP contribution in [0, 0.1) is 0 Å². The highest BCUT2D eigenvalue weighted by molar-refractivity contribution is 7.91. The number of benzene rings is 1. The van der Waals surface area contributed by atoms with Crippen LogP contribution in [0.1, 0.15) is 5.56 Å². The Morgan fingerprint density at radius 1 is 1.08 bits per heavy atom. The molecule has 1 N–H and O–H groups in total. The molecule has 1 aromatic rings. The summed E-state index contributed by atoms with van der Waals surface area (Å²) in [5.74, 6) is 0.160. The summed E-state index contributed by atoms with van der Waals surface area (Å²) in [5.41, 5.74) is 1.93. The second-order valence-electron chi connectivity index (χ2n) is 6.57. The van der Waals surface area contributed by atoms with Crippen molar-refractivity contribution >= 4 is 21.4 Å². The maximum absolute atomic E-state index is 12.2. The van der Waals surface area contributed by atoms with Crippen molar-refractivity contribution in [3.05, 3.63) is 29.8 Å². The molecule has 1 aromatic carbocycles. The summed E-state index contributed by atoms with van der Waals surface area (Å²) in [7, 11) is -2.92. The first-order valence-corrected chi connectivity index (χ1v) is 10.4. The molecule has 2 saturated heterocycles. The molecule has 0 aromatic heterocycles. The van der Waals surface area contributed by atoms with E-state index in [4.69, 9.17) is 4.74 Å². The fourth-order valence-electron chi connectivity index (χ4n) is 3.08. The van der Waals surface area contributed by atoms with Crippen LogP contribution < -0.4 is 5.32 Å². The Balaban J connectivity index is 1.50. The molecule has 2 aliphatic heterocycles. The normalized spacial score (nSPS) is 21.8. The lowest BCUT2D eigenvalue weighted by Gasteiger charge is -2.27. The van der Waals surface area contributed by atoms with Crippen LogP contribution in [0.3, 0.4) is 0 Å². The van der Waals surface area contributed by atoms with Gasteiger partial charge in [-0.05, 0) is 17.7 Å². The van der Waals surface area contributed by atoms with Crippen LogP contribution in [0.2, 0.25) is 0 Å². The monoisotopic (exact) mass is 367 g/mol. The molecule has 7 nitrogen and oxygen atoms in total. The van der Waals surface area contributed by atoms with E-state index in [-0.39, 0.29) is 24.0 Å². The van der Waals surface area contributed by atoms with Crippen molar-refractivity contribution in [2.75, 3.05) is 62.8 Å². The molecule has 25 heavy (non-hydrogen) atoms. The lowest BCUT2D eigenvalue weighted by Crippen LogP contribution is -2.43. The Morgan fingerprint density at radius 3 is 2.52 bits per heavy atom. The zero-order valence-electron chi connectivity index (χ0n) is 14.3. The Labute approximate surface area is 148 Å². The minimum atomic E-state index is -2.92. The van der Waals surface area contributed by atoms with Crippen LogP contribution in [0.5, 0.6) is 0 Å². The summed E-state index contributed by atoms with van der Waals surface area (Å²) in [6, 6.07) is 7.87. The van der Waals surface area contributed by atoms with E-state index in [0.29, 0.717) is 13.1 Å². The summed E-state index contributed by atoms with van der Waals surface area (Å²) < 4.78 is 28.2. The molecule has 2 fully saturated rings. The van der Waals surface area contributed by atoms with Crippen molar-refractivity contribution in [1.29, 1.82) is 0 Å². The van der Waals surface area contributed by atoms with Gasteiger partial charge < -0.3 is 10.1 Å². The number of ether oxygens (including phenoxy) is 1. The van der Waals surface area contributed by atoms with Gasteiger partial charge in [0.2, 0.25) is 5.91 Å². The zero-order chi connectivity index (χ0) is 17.7. The van der Waals surface area contributed by atoms with Gasteiger partial charge in [0.05, 0.1) is 31.3 Å². The van der Waals surface area contributed by atoms with Gasteiger partial charge in [0.25, 0.3) is 0 Å². The molecule has 2 aliphatic rings. The number of sulfone groups is 1. The number of rotatable bonds is 5. The quantitative estimate of drug-likeness (QED) is 0.800. The van der Waals surface area contributed by atoms with Gasteiger partial charge in [-0.25, -0.2) is 8.42 Å². The Kier molecular flexibility index (Phi) is 6.06. The maximum Gasteiger partial charge on any atom is 0.238 e. The van der Waals surface area contributed by atoms with Crippen molar-refractivity contribution in [3.63, 3.8) is 0 Å². The molecule has 8 heteroatoms. The Hall–Kier alpha value is -1.48. The molecule has 0 atom stereocenters. The zero-order valence-corrected chi connectivity index (χ0v) is 15.1. The Morgan fingerprint density at radius 2 is 1.80 bits per heavy atom. The van der Waals surface area contributed by atoms with E-state index in [1.54, 1.807) is 0 Å². The third kappa shape index (κ3) is 5.78. The standard InChI is InChI=1S/C17H25N3O4S/c21-17(14-20-6-10-25(22,23)11-7-20)18-16-3-1-2-15(12-16)13-19-4-8-24-9-5-19/h1-3,12H,4-11,13-14H2,(H,18,21). The lowest BCUT2D eigenvalue weighted by molar-refractivity contribution is -0.117. The second kappa shape index (κ2) is 8.27. The van der Waals surface area contributed by atoms with Crippen LogP contribution in [-0.2, 0) is 25.9 Å². The van der Waals surface area contributed by atoms with Crippen molar-refractivity contribution in [2.24, 2.45) is 0 Å². The van der Waals surface area contributed by atoms with Crippen LogP contribution in [0.25, 0.3) is 0 Å². The molecule has 138 valence electrons. The van der Waals surface area contributed by atoms with E-state index in [2.05, 4.69) is 16.3 Å². The highest BCUT2D eigenvalue weighted by Gasteiger charge is 2.23. The number of anilines is 1. The van der Waals surface area contributed by atoms with Gasteiger partial charge in [-0.2, -0.15) is 0 Å². The highest BCUT2D eigenvalue weighted by atomic mass is 32.2. The van der Waals surface area contributed by atoms with Crippen LogP contribution in [0.4, 0.5) is 5.69 Å². The van der Waals surface area contributed by atoms with Gasteiger partial charge >= 0.3 is 0 Å². The fourth-order valence-corrected chi connectivity index (χ4v) is 4.35. The van der Waals surface area contributed by atoms with E-state index < -0.39 is 9.84 Å². The Bertz CT molecular complexity index is 688. The number of nitrogens with zero attached hydrogens (tertiary/aromatic N) is 2. The molecule has 0 radical (unpaired) electrons. The number of carbonyl (C=O) groups is 1. The van der Waals surface area contributed by atoms with Crippen LogP contribution in [-0.4, -0.2) is 81.6 Å². The molecule has 0 spiro atoms. The third-order valence-corrected chi connectivity index (χ3v) is 6.13. The van der Waals surface area contributed by atoms with Gasteiger partial charge in [-0.1, -0.05) is 12.1 Å². The predicted octanol–water partition coefficient (Wildman–Crippen LogP) is 0.188. The van der Waals surface area contributed by atoms with Crippen molar-refractivity contribution in [2.45, 2.75) is 6.54 Å². The van der Waals surface area contributed by atoms with Crippen LogP contribution >= 0.6 is 0 Å². The average Bonchev–Trinajstić information content (AvgIpc) is 2.58. The number of amides is 1. The van der Waals surface area contributed by atoms with Gasteiger partial charge in [0.15, 0.2) is 9.84 Å². The minimum absolute atomic E-state index is 0.108. The minimum Gasteiger partial charge on any atom is -0.379 e. The predicted molar refractivity (Wildman–Crippen MR) is 96.3 cm³/mol. The molecule has 0 bridgehead atoms. The average molecular weight is 367 g/mol. The van der Waals surface area contributed by atoms with E-state index >= 15 is 0 Å². The number of hydrogen-bond donors (Lipinski definition) is 1. The molecule has 3 rings (SSSR count). The molecule has 1 amide bonds. The number of morpholine rings is 1. The first kappa shape index (κ1) is 18.3. The molecular weight excluding hydrogens is 342 g/mol. The smallest absolute Gasteiger partial charge is 0.238 e. The lowest BCUT2D eigenvalue weighted by atomic mass is 10.2. The highest BCUT2D eigenvalue weighted by Crippen LogP contribution is 2.14. The van der Waals surface area contributed by atoms with Crippen molar-refractivity contribution < 1.29 is 17.9 Å². The summed E-state index contributed by atoms with van der Waals surface area (Å²) in [5, 5.41) is 2.91. The van der Waals surface area contributed by atoms with Crippen molar-refractivity contribution in [3.8, 4) is 0 Å². The SMILES string of the molecule is O=C(CN1CCS(=O)(=O)CC1)Nc1cccc(CN2CCOCC2)c1. The first-order chi connectivity index (χ1) is 12.0. The van der Waals surface area contributed by atoms with Gasteiger partial charge in [-0.3, -0.25) is 14.6 Å². The van der Waals surface area contributed by atoms with Gasteiger partial charge in [0, 0.05) is 38.4 Å². The molecule has 2 heterocycles. The maximum atomic E-state index is 12.2. The van der Waals surface area contributed by atoms with E-state index in [1.807, 2.05) is 23.1 Å². The van der Waals surface area contributed by atoms with Gasteiger partial charge in [0.1, 0.15) is 0 Å². The summed E-state index contributed by atoms with van der Waals surface area (Å²) in [4.78, 5) is 16.4. The van der Waals surface area contributed by atoms with Crippen LogP contribution in [0.15, 0.2) is 24.3 Å². The van der Waals surface area contributed by atoms with E-state index in [1.165, 1.54) is 0 Å². The van der Waals surface area contributed by atoms with E-state index in [0.717, 1.165) is 44.1 Å². The summed E-state index contributed by atoms with van der Waals surface area (Å²) >= 11 is 0. The summed E-state index contributed by atoms with van der Waals surface area (Å²) in [6.45, 7) is 5.30. The fraction of sp³-hybridized carbons (Fsp3) is 0.588. The number of nitrogens with one attached hydrogen (secondary N) is 1. The van der Waals surface area contributed by atoms with E-state index in [9.17, 15) is 13.2 Å². The third-order valence-electron chi connectivity index (χ3n) is 4.52. The topological polar surface area (TPSA) is 79.0 Å².